The Hall–Kier alpha value is -5.17. The largest absolute Gasteiger partial charge is 0.480 e. The molecule has 1 aliphatic heterocycles. The van der Waals surface area contributed by atoms with Crippen molar-refractivity contribution < 1.29 is 33.1 Å². The number of hydrogen-bond donors (Lipinski definition) is 3. The molecule has 0 spiro atoms. The van der Waals surface area contributed by atoms with Crippen molar-refractivity contribution in [1.29, 1.82) is 0 Å². The number of nitrogens with zero attached hydrogens (tertiary/aromatic N) is 4. The van der Waals surface area contributed by atoms with Gasteiger partial charge in [0.1, 0.15) is 17.5 Å². The number of carbonyl (C=O) groups excluding carboxylic acids is 2. The SMILES string of the molecule is CC(C)(C)OC(=O)Nc1ccc(-c2nc(-c3ccc(CC(NC(=O)N4CCN(c5ccc(Cl)cc5)CC4)C(=O)O)cc3F)no2)cc1. The van der Waals surface area contributed by atoms with Crippen LogP contribution in [-0.2, 0) is 16.0 Å². The van der Waals surface area contributed by atoms with Crippen LogP contribution >= 0.6 is 11.6 Å². The lowest BCUT2D eigenvalue weighted by Crippen LogP contribution is -2.55. The summed E-state index contributed by atoms with van der Waals surface area (Å²) in [5.41, 5.74) is 1.81. The number of halogens is 2. The van der Waals surface area contributed by atoms with E-state index in [0.29, 0.717) is 48.0 Å². The minimum absolute atomic E-state index is 0.000774. The summed E-state index contributed by atoms with van der Waals surface area (Å²) in [5.74, 6) is -1.78. The number of anilines is 2. The van der Waals surface area contributed by atoms with Gasteiger partial charge in [0.25, 0.3) is 5.89 Å². The molecular weight excluding hydrogens is 631 g/mol. The quantitative estimate of drug-likeness (QED) is 0.204. The molecule has 2 heterocycles. The van der Waals surface area contributed by atoms with E-state index in [1.807, 2.05) is 12.1 Å². The van der Waals surface area contributed by atoms with Crippen molar-refractivity contribution in [2.24, 2.45) is 0 Å². The number of nitrogens with one attached hydrogen (secondary N) is 2. The lowest BCUT2D eigenvalue weighted by molar-refractivity contribution is -0.139. The molecule has 5 rings (SSSR count). The molecule has 1 atom stereocenters. The average molecular weight is 665 g/mol. The van der Waals surface area contributed by atoms with Crippen LogP contribution in [0.5, 0.6) is 0 Å². The number of aliphatic carboxylic acids is 1. The molecular formula is C33H34ClFN6O6. The van der Waals surface area contributed by atoms with E-state index in [9.17, 15) is 19.5 Å². The van der Waals surface area contributed by atoms with Gasteiger partial charge in [-0.3, -0.25) is 5.32 Å². The van der Waals surface area contributed by atoms with Gasteiger partial charge in [-0.15, -0.1) is 0 Å². The van der Waals surface area contributed by atoms with Crippen LogP contribution in [0.3, 0.4) is 0 Å². The summed E-state index contributed by atoms with van der Waals surface area (Å²) in [7, 11) is 0. The molecule has 47 heavy (non-hydrogen) atoms. The number of amides is 3. The highest BCUT2D eigenvalue weighted by molar-refractivity contribution is 6.30. The summed E-state index contributed by atoms with van der Waals surface area (Å²) in [4.78, 5) is 44.9. The molecule has 246 valence electrons. The monoisotopic (exact) mass is 664 g/mol. The van der Waals surface area contributed by atoms with Gasteiger partial charge in [0.05, 0.1) is 5.56 Å². The van der Waals surface area contributed by atoms with Gasteiger partial charge in [-0.25, -0.2) is 18.8 Å². The van der Waals surface area contributed by atoms with Crippen LogP contribution in [0.1, 0.15) is 26.3 Å². The number of urea groups is 1. The molecule has 14 heteroatoms. The summed E-state index contributed by atoms with van der Waals surface area (Å²) < 4.78 is 25.8. The Kier molecular flexibility index (Phi) is 9.95. The second kappa shape index (κ2) is 14.1. The molecule has 0 bridgehead atoms. The number of benzene rings is 3. The highest BCUT2D eigenvalue weighted by Crippen LogP contribution is 2.26. The number of carboxylic acid groups (broad SMARTS) is 1. The molecule has 3 N–H and O–H groups in total. The third kappa shape index (κ3) is 8.76. The number of aromatic nitrogens is 2. The topological polar surface area (TPSA) is 150 Å². The van der Waals surface area contributed by atoms with E-state index < -0.39 is 35.6 Å². The van der Waals surface area contributed by atoms with Crippen molar-refractivity contribution in [1.82, 2.24) is 20.4 Å². The fourth-order valence-electron chi connectivity index (χ4n) is 4.93. The zero-order valence-corrected chi connectivity index (χ0v) is 26.8. The Labute approximate surface area is 275 Å². The third-order valence-electron chi connectivity index (χ3n) is 7.27. The highest BCUT2D eigenvalue weighted by Gasteiger charge is 2.27. The van der Waals surface area contributed by atoms with Gasteiger partial charge in [0, 0.05) is 54.6 Å². The lowest BCUT2D eigenvalue weighted by Gasteiger charge is -2.36. The van der Waals surface area contributed by atoms with Crippen molar-refractivity contribution in [3.63, 3.8) is 0 Å². The van der Waals surface area contributed by atoms with Gasteiger partial charge in [-0.05, 0) is 87.0 Å². The van der Waals surface area contributed by atoms with Gasteiger partial charge < -0.3 is 29.5 Å². The van der Waals surface area contributed by atoms with E-state index in [1.165, 1.54) is 12.1 Å². The molecule has 1 saturated heterocycles. The average Bonchev–Trinajstić information content (AvgIpc) is 3.50. The van der Waals surface area contributed by atoms with E-state index in [0.717, 1.165) is 5.69 Å². The number of piperazine rings is 1. The predicted molar refractivity (Wildman–Crippen MR) is 174 cm³/mol. The van der Waals surface area contributed by atoms with Crippen molar-refractivity contribution >= 4 is 41.1 Å². The standard InChI is InChI=1S/C33H34ClFN6O6/c1-33(2,3)46-32(45)36-23-9-5-21(6-10-23)29-38-28(39-47-29)25-13-4-20(18-26(25)35)19-27(30(42)43)37-31(44)41-16-14-40(15-17-41)24-11-7-22(34)8-12-24/h4-13,18,27H,14-17,19H2,1-3H3,(H,36,45)(H,37,44)(H,42,43). The van der Waals surface area contributed by atoms with E-state index in [-0.39, 0.29) is 23.7 Å². The summed E-state index contributed by atoms with van der Waals surface area (Å²) in [6, 6.07) is 16.4. The molecule has 3 aromatic carbocycles. The van der Waals surface area contributed by atoms with Crippen molar-refractivity contribution in [2.75, 3.05) is 36.4 Å². The third-order valence-corrected chi connectivity index (χ3v) is 7.52. The maximum absolute atomic E-state index is 15.2. The predicted octanol–water partition coefficient (Wildman–Crippen LogP) is 6.07. The number of ether oxygens (including phenoxy) is 1. The normalized spacial score (nSPS) is 14.0. The molecule has 1 fully saturated rings. The molecule has 3 amide bonds. The first-order valence-electron chi connectivity index (χ1n) is 14.9. The number of hydrogen-bond acceptors (Lipinski definition) is 8. The number of carboxylic acids is 1. The second-order valence-corrected chi connectivity index (χ2v) is 12.4. The highest BCUT2D eigenvalue weighted by atomic mass is 35.5. The molecule has 1 aromatic heterocycles. The fourth-order valence-corrected chi connectivity index (χ4v) is 5.06. The van der Waals surface area contributed by atoms with Crippen molar-refractivity contribution in [3.8, 4) is 22.8 Å². The Morgan fingerprint density at radius 1 is 1.02 bits per heavy atom. The van der Waals surface area contributed by atoms with Gasteiger partial charge >= 0.3 is 18.1 Å². The first-order valence-corrected chi connectivity index (χ1v) is 15.2. The first kappa shape index (κ1) is 33.2. The minimum atomic E-state index is -1.27. The molecule has 0 saturated carbocycles. The van der Waals surface area contributed by atoms with Gasteiger partial charge in [0.2, 0.25) is 5.82 Å². The van der Waals surface area contributed by atoms with Crippen LogP contribution in [0.2, 0.25) is 5.02 Å². The van der Waals surface area contributed by atoms with Crippen LogP contribution in [-0.4, -0.2) is 76.1 Å². The molecule has 1 unspecified atom stereocenters. The maximum atomic E-state index is 15.2. The molecule has 1 aliphatic rings. The van der Waals surface area contributed by atoms with Gasteiger partial charge in [0.15, 0.2) is 0 Å². The number of rotatable bonds is 8. The van der Waals surface area contributed by atoms with E-state index in [1.54, 1.807) is 68.1 Å². The lowest BCUT2D eigenvalue weighted by atomic mass is 10.0. The zero-order valence-electron chi connectivity index (χ0n) is 26.0. The second-order valence-electron chi connectivity index (χ2n) is 11.9. The minimum Gasteiger partial charge on any atom is -0.480 e. The summed E-state index contributed by atoms with van der Waals surface area (Å²) in [6.07, 6.45) is -0.727. The zero-order chi connectivity index (χ0) is 33.7. The van der Waals surface area contributed by atoms with Crippen LogP contribution in [0.15, 0.2) is 71.3 Å². The molecule has 4 aromatic rings. The van der Waals surface area contributed by atoms with Crippen LogP contribution in [0.25, 0.3) is 22.8 Å². The number of carbonyl (C=O) groups is 3. The van der Waals surface area contributed by atoms with E-state index in [4.69, 9.17) is 20.9 Å². The molecule has 0 aliphatic carbocycles. The van der Waals surface area contributed by atoms with Crippen LogP contribution in [0.4, 0.5) is 25.4 Å². The van der Waals surface area contributed by atoms with Crippen LogP contribution in [0, 0.1) is 5.82 Å². The molecule has 12 nitrogen and oxygen atoms in total. The molecule has 0 radical (unpaired) electrons. The Balaban J connectivity index is 1.18. The Morgan fingerprint density at radius 3 is 2.32 bits per heavy atom. The summed E-state index contributed by atoms with van der Waals surface area (Å²) >= 11 is 5.97. The first-order chi connectivity index (χ1) is 22.3. The summed E-state index contributed by atoms with van der Waals surface area (Å²) in [5, 5.41) is 19.5. The smallest absolute Gasteiger partial charge is 0.412 e. The van der Waals surface area contributed by atoms with Crippen molar-refractivity contribution in [3.05, 3.63) is 83.1 Å². The van der Waals surface area contributed by atoms with E-state index in [2.05, 4.69) is 25.7 Å². The van der Waals surface area contributed by atoms with Crippen molar-refractivity contribution in [2.45, 2.75) is 38.8 Å². The fraction of sp³-hybridized carbons (Fsp3) is 0.303. The van der Waals surface area contributed by atoms with E-state index >= 15 is 4.39 Å². The van der Waals surface area contributed by atoms with Gasteiger partial charge in [-0.1, -0.05) is 22.8 Å². The Morgan fingerprint density at radius 2 is 1.70 bits per heavy atom. The Bertz CT molecular complexity index is 1730. The summed E-state index contributed by atoms with van der Waals surface area (Å²) in [6.45, 7) is 7.26. The van der Waals surface area contributed by atoms with Crippen LogP contribution < -0.4 is 15.5 Å². The maximum Gasteiger partial charge on any atom is 0.412 e. The van der Waals surface area contributed by atoms with Gasteiger partial charge in [-0.2, -0.15) is 4.98 Å².